The first-order chi connectivity index (χ1) is 12.4. The van der Waals surface area contributed by atoms with Crippen molar-refractivity contribution < 1.29 is 9.53 Å². The summed E-state index contributed by atoms with van der Waals surface area (Å²) in [6.07, 6.45) is 0. The fraction of sp³-hybridized carbons (Fsp3) is 0.300. The molecule has 2 aromatic rings. The van der Waals surface area contributed by atoms with E-state index in [1.165, 1.54) is 0 Å². The lowest BCUT2D eigenvalue weighted by Gasteiger charge is -2.32. The van der Waals surface area contributed by atoms with Gasteiger partial charge < -0.3 is 20.3 Å². The molecule has 1 heterocycles. The Morgan fingerprint density at radius 2 is 1.88 bits per heavy atom. The Bertz CT molecular complexity index is 905. The quantitative estimate of drug-likeness (QED) is 0.811. The van der Waals surface area contributed by atoms with Crippen LogP contribution in [-0.4, -0.2) is 36.6 Å². The first-order valence-electron chi connectivity index (χ1n) is 8.58. The highest BCUT2D eigenvalue weighted by Gasteiger charge is 2.31. The monoisotopic (exact) mass is 369 g/mol. The van der Waals surface area contributed by atoms with Gasteiger partial charge in [0.2, 0.25) is 0 Å². The summed E-state index contributed by atoms with van der Waals surface area (Å²) >= 11 is 5.35. The molecule has 0 aromatic heterocycles. The van der Waals surface area contributed by atoms with Crippen molar-refractivity contribution in [3.8, 4) is 5.75 Å². The van der Waals surface area contributed by atoms with Gasteiger partial charge in [0.1, 0.15) is 5.75 Å². The van der Waals surface area contributed by atoms with E-state index >= 15 is 0 Å². The summed E-state index contributed by atoms with van der Waals surface area (Å²) in [5.74, 6) is 0.789. The minimum Gasteiger partial charge on any atom is -0.493 e. The number of ether oxygens (including phenoxy) is 1. The molecule has 5 nitrogen and oxygen atoms in total. The third-order valence-corrected chi connectivity index (χ3v) is 4.65. The van der Waals surface area contributed by atoms with Crippen molar-refractivity contribution in [1.29, 1.82) is 0 Å². The highest BCUT2D eigenvalue weighted by Crippen LogP contribution is 2.36. The largest absolute Gasteiger partial charge is 0.493 e. The highest BCUT2D eigenvalue weighted by atomic mass is 32.1. The summed E-state index contributed by atoms with van der Waals surface area (Å²) in [6.45, 7) is 4.45. The summed E-state index contributed by atoms with van der Waals surface area (Å²) in [4.78, 5) is 14.4. The third-order valence-electron chi connectivity index (χ3n) is 4.43. The van der Waals surface area contributed by atoms with Gasteiger partial charge in [-0.05, 0) is 43.1 Å². The van der Waals surface area contributed by atoms with Gasteiger partial charge in [-0.3, -0.25) is 4.79 Å². The van der Waals surface area contributed by atoms with Crippen LogP contribution in [0.4, 0.5) is 0 Å². The maximum absolute atomic E-state index is 12.8. The average Bonchev–Trinajstić information content (AvgIpc) is 2.61. The zero-order valence-corrected chi connectivity index (χ0v) is 16.2. The second-order valence-corrected chi connectivity index (χ2v) is 6.81. The fourth-order valence-corrected chi connectivity index (χ4v) is 3.55. The van der Waals surface area contributed by atoms with Crippen LogP contribution in [0.5, 0.6) is 5.75 Å². The predicted molar refractivity (Wildman–Crippen MR) is 108 cm³/mol. The molecule has 6 heteroatoms. The van der Waals surface area contributed by atoms with E-state index in [9.17, 15) is 4.79 Å². The Balaban J connectivity index is 2.21. The summed E-state index contributed by atoms with van der Waals surface area (Å²) in [7, 11) is 3.51. The summed E-state index contributed by atoms with van der Waals surface area (Å²) < 4.78 is 5.77. The lowest BCUT2D eigenvalue weighted by molar-refractivity contribution is -0.125. The van der Waals surface area contributed by atoms with E-state index in [1.54, 1.807) is 19.0 Å². The number of amides is 1. The number of nitrogens with zero attached hydrogens (tertiary/aromatic N) is 1. The number of hydrogen-bond donors (Lipinski definition) is 2. The van der Waals surface area contributed by atoms with Crippen LogP contribution < -0.4 is 15.4 Å². The van der Waals surface area contributed by atoms with Crippen LogP contribution in [0.3, 0.4) is 0 Å². The molecule has 1 unspecified atom stereocenters. The van der Waals surface area contributed by atoms with Crippen LogP contribution in [0.15, 0.2) is 47.7 Å². The van der Waals surface area contributed by atoms with Gasteiger partial charge in [0.25, 0.3) is 5.91 Å². The molecule has 0 saturated carbocycles. The maximum Gasteiger partial charge on any atom is 0.253 e. The number of hydrogen-bond acceptors (Lipinski definition) is 3. The molecule has 1 amide bonds. The number of allylic oxidation sites excluding steroid dienone is 1. The average molecular weight is 369 g/mol. The van der Waals surface area contributed by atoms with Crippen LogP contribution in [-0.2, 0) is 4.79 Å². The zero-order valence-electron chi connectivity index (χ0n) is 15.4. The van der Waals surface area contributed by atoms with Gasteiger partial charge in [0.05, 0.1) is 18.2 Å². The van der Waals surface area contributed by atoms with Gasteiger partial charge in [-0.1, -0.05) is 30.3 Å². The molecule has 2 aromatic carbocycles. The van der Waals surface area contributed by atoms with Gasteiger partial charge in [-0.2, -0.15) is 0 Å². The summed E-state index contributed by atoms with van der Waals surface area (Å²) in [6, 6.07) is 11.7. The molecule has 0 aliphatic carbocycles. The Kier molecular flexibility index (Phi) is 5.13. The maximum atomic E-state index is 12.8. The van der Waals surface area contributed by atoms with Gasteiger partial charge in [0, 0.05) is 25.2 Å². The normalized spacial score (nSPS) is 16.9. The standard InChI is InChI=1S/C20H23N3O2S/c1-5-25-16-11-10-15(13-8-6-7-9-14(13)16)18-17(19(24)23(3)4)12(2)21-20(26)22-18/h6-11,18H,5H2,1-4H3,(H2,21,22,26). The molecular formula is C20H23N3O2S. The minimum absolute atomic E-state index is 0.0482. The van der Waals surface area contributed by atoms with Crippen LogP contribution >= 0.6 is 12.2 Å². The van der Waals surface area contributed by atoms with E-state index in [0.29, 0.717) is 17.3 Å². The van der Waals surface area contributed by atoms with Gasteiger partial charge in [0.15, 0.2) is 5.11 Å². The van der Waals surface area contributed by atoms with Gasteiger partial charge in [-0.15, -0.1) is 0 Å². The first kappa shape index (κ1) is 18.2. The number of nitrogens with one attached hydrogen (secondary N) is 2. The molecule has 0 bridgehead atoms. The molecule has 0 spiro atoms. The van der Waals surface area contributed by atoms with E-state index in [0.717, 1.165) is 27.8 Å². The summed E-state index contributed by atoms with van der Waals surface area (Å²) in [5, 5.41) is 8.91. The third kappa shape index (κ3) is 3.24. The second kappa shape index (κ2) is 7.33. The molecule has 1 aliphatic heterocycles. The van der Waals surface area contributed by atoms with Crippen LogP contribution in [0.2, 0.25) is 0 Å². The van der Waals surface area contributed by atoms with Crippen LogP contribution in [0.1, 0.15) is 25.5 Å². The van der Waals surface area contributed by atoms with Crippen molar-refractivity contribution >= 4 is 34.0 Å². The molecular weight excluding hydrogens is 346 g/mol. The van der Waals surface area contributed by atoms with E-state index < -0.39 is 0 Å². The van der Waals surface area contributed by atoms with Crippen molar-refractivity contribution in [3.05, 3.63) is 53.2 Å². The number of fused-ring (bicyclic) bond motifs is 1. The number of carbonyl (C=O) groups is 1. The van der Waals surface area contributed by atoms with Crippen LogP contribution in [0.25, 0.3) is 10.8 Å². The van der Waals surface area contributed by atoms with E-state index in [1.807, 2.05) is 50.2 Å². The molecule has 136 valence electrons. The Morgan fingerprint density at radius 1 is 1.19 bits per heavy atom. The molecule has 26 heavy (non-hydrogen) atoms. The van der Waals surface area contributed by atoms with Crippen molar-refractivity contribution in [1.82, 2.24) is 15.5 Å². The SMILES string of the molecule is CCOc1ccc(C2NC(=S)NC(C)=C2C(=O)N(C)C)c2ccccc12. The van der Waals surface area contributed by atoms with E-state index in [2.05, 4.69) is 10.6 Å². The number of likely N-dealkylation sites (N-methyl/N-ethyl adjacent to an activating group) is 1. The van der Waals surface area contributed by atoms with Crippen LogP contribution in [0, 0.1) is 0 Å². The molecule has 1 aliphatic rings. The first-order valence-corrected chi connectivity index (χ1v) is 8.99. The number of rotatable bonds is 4. The molecule has 0 radical (unpaired) electrons. The molecule has 2 N–H and O–H groups in total. The minimum atomic E-state index is -0.320. The topological polar surface area (TPSA) is 53.6 Å². The lowest BCUT2D eigenvalue weighted by atomic mass is 9.90. The smallest absolute Gasteiger partial charge is 0.253 e. The van der Waals surface area contributed by atoms with E-state index in [4.69, 9.17) is 17.0 Å². The molecule has 0 fully saturated rings. The van der Waals surface area contributed by atoms with Gasteiger partial charge in [-0.25, -0.2) is 0 Å². The van der Waals surface area contributed by atoms with E-state index in [-0.39, 0.29) is 11.9 Å². The number of carbonyl (C=O) groups excluding carboxylic acids is 1. The van der Waals surface area contributed by atoms with Gasteiger partial charge >= 0.3 is 0 Å². The Hall–Kier alpha value is -2.60. The molecule has 0 saturated heterocycles. The summed E-state index contributed by atoms with van der Waals surface area (Å²) in [5.41, 5.74) is 2.44. The zero-order chi connectivity index (χ0) is 18.8. The van der Waals surface area contributed by atoms with Crippen molar-refractivity contribution in [3.63, 3.8) is 0 Å². The Labute approximate surface area is 159 Å². The molecule has 1 atom stereocenters. The highest BCUT2D eigenvalue weighted by molar-refractivity contribution is 7.80. The fourth-order valence-electron chi connectivity index (χ4n) is 3.28. The number of thiocarbonyl (C=S) groups is 1. The van der Waals surface area contributed by atoms with Crippen molar-refractivity contribution in [2.75, 3.05) is 20.7 Å². The van der Waals surface area contributed by atoms with Crippen molar-refractivity contribution in [2.45, 2.75) is 19.9 Å². The van der Waals surface area contributed by atoms with Crippen molar-refractivity contribution in [2.24, 2.45) is 0 Å². The Morgan fingerprint density at radius 3 is 2.54 bits per heavy atom. The lowest BCUT2D eigenvalue weighted by Crippen LogP contribution is -2.46. The predicted octanol–water partition coefficient (Wildman–Crippen LogP) is 3.12. The molecule has 3 rings (SSSR count). The second-order valence-electron chi connectivity index (χ2n) is 6.40. The number of benzene rings is 2.